The summed E-state index contributed by atoms with van der Waals surface area (Å²) < 4.78 is 4.88. The molecule has 1 N–H and O–H groups in total. The molecule has 1 aromatic rings. The first-order chi connectivity index (χ1) is 8.65. The van der Waals surface area contributed by atoms with Gasteiger partial charge in [-0.3, -0.25) is 4.79 Å². The van der Waals surface area contributed by atoms with E-state index in [1.54, 1.807) is 6.92 Å². The summed E-state index contributed by atoms with van der Waals surface area (Å²) in [6.45, 7) is 7.21. The SMILES string of the molecule is CCOC(=O)Cc1csc(NCCN(C)CC)n1. The van der Waals surface area contributed by atoms with E-state index in [0.717, 1.165) is 30.5 Å². The standard InChI is InChI=1S/C12H21N3O2S/c1-4-15(3)7-6-13-12-14-10(9-18-12)8-11(16)17-5-2/h9H,4-8H2,1-3H3,(H,13,14). The van der Waals surface area contributed by atoms with Crippen LogP contribution < -0.4 is 5.32 Å². The average Bonchev–Trinajstić information content (AvgIpc) is 2.76. The van der Waals surface area contributed by atoms with Crippen molar-refractivity contribution in [2.75, 3.05) is 38.6 Å². The minimum Gasteiger partial charge on any atom is -0.466 e. The van der Waals surface area contributed by atoms with E-state index in [1.165, 1.54) is 11.3 Å². The van der Waals surface area contributed by atoms with Crippen molar-refractivity contribution in [2.45, 2.75) is 20.3 Å². The maximum absolute atomic E-state index is 11.3. The van der Waals surface area contributed by atoms with Crippen LogP contribution in [0, 0.1) is 0 Å². The zero-order valence-corrected chi connectivity index (χ0v) is 12.0. The highest BCUT2D eigenvalue weighted by Gasteiger charge is 2.08. The predicted molar refractivity (Wildman–Crippen MR) is 74.1 cm³/mol. The fraction of sp³-hybridized carbons (Fsp3) is 0.667. The van der Waals surface area contributed by atoms with Gasteiger partial charge in [0.05, 0.1) is 18.7 Å². The number of aromatic nitrogens is 1. The second-order valence-electron chi connectivity index (χ2n) is 3.95. The first-order valence-corrected chi connectivity index (χ1v) is 7.06. The lowest BCUT2D eigenvalue weighted by Crippen LogP contribution is -2.24. The average molecular weight is 271 g/mol. The van der Waals surface area contributed by atoms with E-state index in [1.807, 2.05) is 5.38 Å². The number of likely N-dealkylation sites (N-methyl/N-ethyl adjacent to an activating group) is 1. The van der Waals surface area contributed by atoms with Gasteiger partial charge in [-0.2, -0.15) is 0 Å². The van der Waals surface area contributed by atoms with Crippen molar-refractivity contribution in [1.29, 1.82) is 0 Å². The minimum absolute atomic E-state index is 0.222. The molecular formula is C12H21N3O2S. The highest BCUT2D eigenvalue weighted by atomic mass is 32.1. The van der Waals surface area contributed by atoms with E-state index >= 15 is 0 Å². The van der Waals surface area contributed by atoms with Gasteiger partial charge in [-0.05, 0) is 20.5 Å². The fourth-order valence-electron chi connectivity index (χ4n) is 1.34. The van der Waals surface area contributed by atoms with E-state index < -0.39 is 0 Å². The molecule has 0 unspecified atom stereocenters. The van der Waals surface area contributed by atoms with Gasteiger partial charge in [-0.15, -0.1) is 11.3 Å². The first-order valence-electron chi connectivity index (χ1n) is 6.18. The zero-order valence-electron chi connectivity index (χ0n) is 11.2. The van der Waals surface area contributed by atoms with Crippen molar-refractivity contribution in [1.82, 2.24) is 9.88 Å². The number of nitrogens with zero attached hydrogens (tertiary/aromatic N) is 2. The summed E-state index contributed by atoms with van der Waals surface area (Å²) in [4.78, 5) is 17.8. The molecule has 5 nitrogen and oxygen atoms in total. The molecule has 0 atom stereocenters. The third-order valence-electron chi connectivity index (χ3n) is 2.49. The van der Waals surface area contributed by atoms with Gasteiger partial charge in [0.25, 0.3) is 0 Å². The Morgan fingerprint density at radius 1 is 1.56 bits per heavy atom. The van der Waals surface area contributed by atoms with E-state index in [0.29, 0.717) is 6.61 Å². The number of anilines is 1. The van der Waals surface area contributed by atoms with Crippen molar-refractivity contribution in [3.05, 3.63) is 11.1 Å². The number of rotatable bonds is 8. The molecule has 1 aromatic heterocycles. The Morgan fingerprint density at radius 3 is 3.00 bits per heavy atom. The van der Waals surface area contributed by atoms with Gasteiger partial charge < -0.3 is 15.0 Å². The van der Waals surface area contributed by atoms with Crippen molar-refractivity contribution in [3.63, 3.8) is 0 Å². The predicted octanol–water partition coefficient (Wildman–Crippen LogP) is 1.61. The van der Waals surface area contributed by atoms with E-state index in [2.05, 4.69) is 29.2 Å². The van der Waals surface area contributed by atoms with Gasteiger partial charge in [-0.1, -0.05) is 6.92 Å². The van der Waals surface area contributed by atoms with Crippen LogP contribution in [0.25, 0.3) is 0 Å². The molecule has 18 heavy (non-hydrogen) atoms. The highest BCUT2D eigenvalue weighted by molar-refractivity contribution is 7.13. The van der Waals surface area contributed by atoms with E-state index in [-0.39, 0.29) is 12.4 Å². The van der Waals surface area contributed by atoms with Crippen molar-refractivity contribution >= 4 is 22.4 Å². The maximum Gasteiger partial charge on any atom is 0.311 e. The number of hydrogen-bond acceptors (Lipinski definition) is 6. The summed E-state index contributed by atoms with van der Waals surface area (Å²) in [5.41, 5.74) is 0.768. The second kappa shape index (κ2) is 8.05. The maximum atomic E-state index is 11.3. The second-order valence-corrected chi connectivity index (χ2v) is 4.81. The monoisotopic (exact) mass is 271 g/mol. The summed E-state index contributed by atoms with van der Waals surface area (Å²) in [7, 11) is 2.08. The molecule has 1 heterocycles. The molecule has 1 rings (SSSR count). The third-order valence-corrected chi connectivity index (χ3v) is 3.34. The van der Waals surface area contributed by atoms with Crippen LogP contribution in [0.15, 0.2) is 5.38 Å². The van der Waals surface area contributed by atoms with Crippen LogP contribution in [0.4, 0.5) is 5.13 Å². The number of carbonyl (C=O) groups excluding carboxylic acids is 1. The van der Waals surface area contributed by atoms with Gasteiger partial charge in [-0.25, -0.2) is 4.98 Å². The molecule has 0 aromatic carbocycles. The third kappa shape index (κ3) is 5.46. The molecule has 6 heteroatoms. The molecule has 0 radical (unpaired) electrons. The topological polar surface area (TPSA) is 54.5 Å². The number of nitrogens with one attached hydrogen (secondary N) is 1. The highest BCUT2D eigenvalue weighted by Crippen LogP contribution is 2.15. The summed E-state index contributed by atoms with van der Waals surface area (Å²) in [6, 6.07) is 0. The minimum atomic E-state index is -0.222. The lowest BCUT2D eigenvalue weighted by Gasteiger charge is -2.13. The van der Waals surface area contributed by atoms with Crippen LogP contribution in [-0.2, 0) is 16.0 Å². The van der Waals surface area contributed by atoms with Crippen LogP contribution in [0.3, 0.4) is 0 Å². The van der Waals surface area contributed by atoms with Gasteiger partial charge in [0.1, 0.15) is 0 Å². The molecule has 0 amide bonds. The molecule has 0 aliphatic heterocycles. The lowest BCUT2D eigenvalue weighted by atomic mass is 10.3. The number of carbonyl (C=O) groups is 1. The smallest absolute Gasteiger partial charge is 0.311 e. The van der Waals surface area contributed by atoms with Gasteiger partial charge in [0, 0.05) is 18.5 Å². The van der Waals surface area contributed by atoms with Crippen LogP contribution in [0.2, 0.25) is 0 Å². The Kier molecular flexibility index (Phi) is 6.67. The van der Waals surface area contributed by atoms with E-state index in [9.17, 15) is 4.79 Å². The Morgan fingerprint density at radius 2 is 2.33 bits per heavy atom. The largest absolute Gasteiger partial charge is 0.466 e. The normalized spacial score (nSPS) is 10.7. The molecule has 102 valence electrons. The molecule has 0 saturated carbocycles. The van der Waals surface area contributed by atoms with Gasteiger partial charge in [0.15, 0.2) is 5.13 Å². The number of esters is 1. The molecule has 0 saturated heterocycles. The van der Waals surface area contributed by atoms with Crippen LogP contribution in [-0.4, -0.2) is 49.1 Å². The number of thiazole rings is 1. The van der Waals surface area contributed by atoms with Gasteiger partial charge >= 0.3 is 5.97 Å². The summed E-state index contributed by atoms with van der Waals surface area (Å²) in [5, 5.41) is 6.00. The molecule has 0 bridgehead atoms. The Labute approximate surface area is 112 Å². The van der Waals surface area contributed by atoms with Crippen LogP contribution >= 0.6 is 11.3 Å². The molecule has 0 spiro atoms. The van der Waals surface area contributed by atoms with Crippen LogP contribution in [0.5, 0.6) is 0 Å². The molecule has 0 fully saturated rings. The fourth-order valence-corrected chi connectivity index (χ4v) is 2.08. The Balaban J connectivity index is 2.32. The van der Waals surface area contributed by atoms with Crippen molar-refractivity contribution < 1.29 is 9.53 Å². The van der Waals surface area contributed by atoms with E-state index in [4.69, 9.17) is 4.74 Å². The van der Waals surface area contributed by atoms with Gasteiger partial charge in [0.2, 0.25) is 0 Å². The summed E-state index contributed by atoms with van der Waals surface area (Å²) >= 11 is 1.52. The van der Waals surface area contributed by atoms with Crippen LogP contribution in [0.1, 0.15) is 19.5 Å². The zero-order chi connectivity index (χ0) is 13.4. The summed E-state index contributed by atoms with van der Waals surface area (Å²) in [5.74, 6) is -0.222. The molecule has 0 aliphatic rings. The Hall–Kier alpha value is -1.14. The Bertz CT molecular complexity index is 368. The molecular weight excluding hydrogens is 250 g/mol. The number of hydrogen-bond donors (Lipinski definition) is 1. The number of ether oxygens (including phenoxy) is 1. The lowest BCUT2D eigenvalue weighted by molar-refractivity contribution is -0.142. The molecule has 0 aliphatic carbocycles. The quantitative estimate of drug-likeness (QED) is 0.728. The summed E-state index contributed by atoms with van der Waals surface area (Å²) in [6.07, 6.45) is 0.251. The van der Waals surface area contributed by atoms with Crippen molar-refractivity contribution in [3.8, 4) is 0 Å². The first kappa shape index (κ1) is 14.9. The van der Waals surface area contributed by atoms with Crippen molar-refractivity contribution in [2.24, 2.45) is 0 Å².